The zero-order chi connectivity index (χ0) is 24.6. The van der Waals surface area contributed by atoms with E-state index in [-0.39, 0.29) is 53.1 Å². The summed E-state index contributed by atoms with van der Waals surface area (Å²) in [6.45, 7) is 5.21. The van der Waals surface area contributed by atoms with Gasteiger partial charge in [-0.3, -0.25) is 14.7 Å². The van der Waals surface area contributed by atoms with Gasteiger partial charge in [0, 0.05) is 17.7 Å². The third-order valence-electron chi connectivity index (χ3n) is 5.56. The summed E-state index contributed by atoms with van der Waals surface area (Å²) in [6, 6.07) is 8.81. The van der Waals surface area contributed by atoms with Crippen molar-refractivity contribution in [2.24, 2.45) is 0 Å². The minimum atomic E-state index is -0.739. The second-order valence-corrected chi connectivity index (χ2v) is 9.01. The molecule has 1 aromatic heterocycles. The molecule has 3 aromatic rings. The maximum absolute atomic E-state index is 13.9. The average Bonchev–Trinajstić information content (AvgIpc) is 3.56. The maximum atomic E-state index is 13.9. The van der Waals surface area contributed by atoms with E-state index in [4.69, 9.17) is 9.47 Å². The molecule has 0 aliphatic carbocycles. The Hall–Kier alpha value is -2.66. The van der Waals surface area contributed by atoms with E-state index in [1.165, 1.54) is 10.6 Å². The number of rotatable bonds is 8. The van der Waals surface area contributed by atoms with Crippen molar-refractivity contribution in [2.45, 2.75) is 45.8 Å². The Morgan fingerprint density at radius 3 is 2.74 bits per heavy atom. The number of hydrogen-bond acceptors (Lipinski definition) is 6. The molecule has 1 fully saturated rings. The molecule has 2 unspecified atom stereocenters. The zero-order valence-electron chi connectivity index (χ0n) is 18.8. The second-order valence-electron chi connectivity index (χ2n) is 8.22. The highest BCUT2D eigenvalue weighted by molar-refractivity contribution is 9.10. The molecular weight excluding hydrogens is 512 g/mol. The van der Waals surface area contributed by atoms with Crippen LogP contribution in [0.25, 0.3) is 5.69 Å². The van der Waals surface area contributed by atoms with Gasteiger partial charge in [0.2, 0.25) is 5.88 Å². The van der Waals surface area contributed by atoms with Crippen LogP contribution in [0.15, 0.2) is 45.7 Å². The molecule has 2 N–H and O–H groups in total. The third-order valence-corrected chi connectivity index (χ3v) is 6.24. The maximum Gasteiger partial charge on any atom is 0.276 e. The minimum absolute atomic E-state index is 0.00222. The molecule has 3 atom stereocenters. The molecule has 0 spiro atoms. The molecule has 2 heterocycles. The summed E-state index contributed by atoms with van der Waals surface area (Å²) in [5, 5.41) is 12.4. The van der Waals surface area contributed by atoms with Crippen LogP contribution < -0.4 is 15.6 Å². The number of aryl methyl sites for hydroxylation is 2. The molecule has 0 radical (unpaired) electrons. The van der Waals surface area contributed by atoms with Gasteiger partial charge in [0.15, 0.2) is 0 Å². The first kappa shape index (κ1) is 24.5. The normalized spacial score (nSPS) is 18.1. The van der Waals surface area contributed by atoms with Crippen molar-refractivity contribution < 1.29 is 23.4 Å². The Balaban J connectivity index is 1.60. The Morgan fingerprint density at radius 1 is 1.26 bits per heavy atom. The Morgan fingerprint density at radius 2 is 2.03 bits per heavy atom. The summed E-state index contributed by atoms with van der Waals surface area (Å²) in [6.07, 6.45) is -0.392. The number of aliphatic hydroxyl groups is 1. The number of hydrogen-bond donors (Lipinski definition) is 2. The first-order valence-corrected chi connectivity index (χ1v) is 11.5. The fourth-order valence-corrected chi connectivity index (χ4v) is 4.00. The molecular formula is C24H24BrF2N3O4. The van der Waals surface area contributed by atoms with E-state index in [0.717, 1.165) is 23.3 Å². The van der Waals surface area contributed by atoms with E-state index in [1.807, 2.05) is 32.0 Å². The van der Waals surface area contributed by atoms with E-state index >= 15 is 0 Å². The van der Waals surface area contributed by atoms with Gasteiger partial charge in [0.25, 0.3) is 5.56 Å². The molecule has 0 amide bonds. The van der Waals surface area contributed by atoms with Crippen LogP contribution in [0.4, 0.5) is 8.78 Å². The number of halogens is 3. The number of benzene rings is 2. The predicted octanol–water partition coefficient (Wildman–Crippen LogP) is 3.84. The summed E-state index contributed by atoms with van der Waals surface area (Å²) in [5.74, 6) is -1.03. The summed E-state index contributed by atoms with van der Waals surface area (Å²) >= 11 is 3.26. The number of aliphatic hydroxyl groups excluding tert-OH is 1. The SMILES string of the molecule is Cc1ccc(C2OC2N[C@H](C)CO)cc1-n1c(C)nc(OCc2ccc(F)cc2F)c(Br)c1=O. The number of nitrogens with one attached hydrogen (secondary N) is 1. The Labute approximate surface area is 203 Å². The minimum Gasteiger partial charge on any atom is -0.472 e. The molecule has 10 heteroatoms. The third kappa shape index (κ3) is 5.05. The number of nitrogens with zero attached hydrogens (tertiary/aromatic N) is 2. The number of epoxide rings is 1. The van der Waals surface area contributed by atoms with Crippen LogP contribution in [0.3, 0.4) is 0 Å². The molecule has 2 aromatic carbocycles. The van der Waals surface area contributed by atoms with Crippen molar-refractivity contribution in [3.8, 4) is 11.6 Å². The molecule has 1 aliphatic rings. The van der Waals surface area contributed by atoms with Gasteiger partial charge in [-0.15, -0.1) is 0 Å². The van der Waals surface area contributed by atoms with Crippen molar-refractivity contribution in [1.82, 2.24) is 14.9 Å². The van der Waals surface area contributed by atoms with Crippen LogP contribution in [-0.4, -0.2) is 33.5 Å². The van der Waals surface area contributed by atoms with Crippen LogP contribution in [0, 0.1) is 25.5 Å². The van der Waals surface area contributed by atoms with Gasteiger partial charge < -0.3 is 14.6 Å². The predicted molar refractivity (Wildman–Crippen MR) is 125 cm³/mol. The first-order chi connectivity index (χ1) is 16.2. The van der Waals surface area contributed by atoms with Crippen molar-refractivity contribution >= 4 is 15.9 Å². The van der Waals surface area contributed by atoms with Gasteiger partial charge in [-0.25, -0.2) is 8.78 Å². The van der Waals surface area contributed by atoms with E-state index < -0.39 is 11.6 Å². The molecule has 7 nitrogen and oxygen atoms in total. The van der Waals surface area contributed by atoms with E-state index in [1.54, 1.807) is 6.92 Å². The lowest BCUT2D eigenvalue weighted by Crippen LogP contribution is -2.32. The average molecular weight is 536 g/mol. The molecule has 4 rings (SSSR count). The van der Waals surface area contributed by atoms with Crippen LogP contribution in [0.5, 0.6) is 5.88 Å². The lowest BCUT2D eigenvalue weighted by atomic mass is 10.1. The van der Waals surface area contributed by atoms with Crippen LogP contribution in [-0.2, 0) is 11.3 Å². The summed E-state index contributed by atoms with van der Waals surface area (Å²) in [5.41, 5.74) is 2.15. The molecule has 34 heavy (non-hydrogen) atoms. The molecule has 1 aliphatic heterocycles. The van der Waals surface area contributed by atoms with Gasteiger partial charge in [0.05, 0.1) is 12.3 Å². The molecule has 1 saturated heterocycles. The summed E-state index contributed by atoms with van der Waals surface area (Å²) in [7, 11) is 0. The van der Waals surface area contributed by atoms with Crippen molar-refractivity contribution in [3.05, 3.63) is 85.4 Å². The van der Waals surface area contributed by atoms with E-state index in [0.29, 0.717) is 11.5 Å². The van der Waals surface area contributed by atoms with E-state index in [9.17, 15) is 18.7 Å². The smallest absolute Gasteiger partial charge is 0.276 e. The number of aromatic nitrogens is 2. The van der Waals surface area contributed by atoms with E-state index in [2.05, 4.69) is 26.2 Å². The highest BCUT2D eigenvalue weighted by Gasteiger charge is 2.41. The topological polar surface area (TPSA) is 88.9 Å². The highest BCUT2D eigenvalue weighted by Crippen LogP contribution is 2.38. The van der Waals surface area contributed by atoms with Crippen LogP contribution in [0.1, 0.15) is 35.5 Å². The van der Waals surface area contributed by atoms with Crippen LogP contribution >= 0.6 is 15.9 Å². The van der Waals surface area contributed by atoms with Crippen molar-refractivity contribution in [3.63, 3.8) is 0 Å². The van der Waals surface area contributed by atoms with Crippen molar-refractivity contribution in [1.29, 1.82) is 0 Å². The van der Waals surface area contributed by atoms with Crippen molar-refractivity contribution in [2.75, 3.05) is 6.61 Å². The summed E-state index contributed by atoms with van der Waals surface area (Å²) < 4.78 is 39.9. The van der Waals surface area contributed by atoms with Crippen LogP contribution in [0.2, 0.25) is 0 Å². The standard InChI is InChI=1S/C24H24BrF2N3O4/c1-12-4-5-15(21-23(34-21)28-13(2)10-31)8-19(12)30-14(3)29-22(20(25)24(30)32)33-11-16-6-7-17(26)9-18(16)27/h4-9,13,21,23,28,31H,10-11H2,1-3H3/t13-,21?,23?/m1/s1. The zero-order valence-corrected chi connectivity index (χ0v) is 20.4. The second kappa shape index (κ2) is 9.91. The van der Waals surface area contributed by atoms with Gasteiger partial charge in [-0.05, 0) is 66.0 Å². The van der Waals surface area contributed by atoms with Gasteiger partial charge in [0.1, 0.15) is 40.9 Å². The number of ether oxygens (including phenoxy) is 2. The molecule has 0 bridgehead atoms. The highest BCUT2D eigenvalue weighted by atomic mass is 79.9. The Kier molecular flexibility index (Phi) is 7.13. The lowest BCUT2D eigenvalue weighted by molar-refractivity contribution is 0.232. The monoisotopic (exact) mass is 535 g/mol. The summed E-state index contributed by atoms with van der Waals surface area (Å²) in [4.78, 5) is 17.6. The lowest BCUT2D eigenvalue weighted by Gasteiger charge is -2.16. The Bertz CT molecular complexity index is 1280. The van der Waals surface area contributed by atoms with Gasteiger partial charge in [-0.1, -0.05) is 12.1 Å². The first-order valence-electron chi connectivity index (χ1n) is 10.7. The van der Waals surface area contributed by atoms with Gasteiger partial charge in [-0.2, -0.15) is 4.98 Å². The molecule has 0 saturated carbocycles. The molecule has 180 valence electrons. The fraction of sp³-hybridized carbons (Fsp3) is 0.333. The van der Waals surface area contributed by atoms with Gasteiger partial charge >= 0.3 is 0 Å². The largest absolute Gasteiger partial charge is 0.472 e. The fourth-order valence-electron chi connectivity index (χ4n) is 3.62. The quantitative estimate of drug-likeness (QED) is 0.426.